The topological polar surface area (TPSA) is 86.8 Å². The minimum Gasteiger partial charge on any atom is -0.508 e. The SMILES string of the molecule is CC(C)(C)SN.CC(O)C(=O)N1CCC(Cc2cc(Cl)c(Cl)cc2O)CC1. The van der Waals surface area contributed by atoms with Crippen LogP contribution in [0.2, 0.25) is 10.0 Å². The van der Waals surface area contributed by atoms with Crippen molar-refractivity contribution in [2.45, 2.75) is 57.8 Å². The first-order chi connectivity index (χ1) is 12.4. The van der Waals surface area contributed by atoms with E-state index >= 15 is 0 Å². The molecule has 1 unspecified atom stereocenters. The number of hydrogen-bond acceptors (Lipinski definition) is 5. The van der Waals surface area contributed by atoms with Gasteiger partial charge >= 0.3 is 0 Å². The zero-order valence-corrected chi connectivity index (χ0v) is 18.7. The quantitative estimate of drug-likeness (QED) is 0.616. The van der Waals surface area contributed by atoms with Gasteiger partial charge in [-0.1, -0.05) is 35.1 Å². The van der Waals surface area contributed by atoms with Gasteiger partial charge in [-0.05, 0) is 64.5 Å². The van der Waals surface area contributed by atoms with Gasteiger partial charge in [-0.2, -0.15) is 0 Å². The van der Waals surface area contributed by atoms with Crippen LogP contribution in [-0.4, -0.2) is 45.0 Å². The van der Waals surface area contributed by atoms with Gasteiger partial charge in [0.05, 0.1) is 10.0 Å². The lowest BCUT2D eigenvalue weighted by molar-refractivity contribution is -0.140. The van der Waals surface area contributed by atoms with Crippen LogP contribution in [0.3, 0.4) is 0 Å². The van der Waals surface area contributed by atoms with Crippen LogP contribution < -0.4 is 5.14 Å². The molecule has 1 aromatic rings. The number of carbonyl (C=O) groups excluding carboxylic acids is 1. The number of nitrogens with zero attached hydrogens (tertiary/aromatic N) is 1. The number of aliphatic hydroxyl groups excluding tert-OH is 1. The van der Waals surface area contributed by atoms with Gasteiger partial charge in [-0.15, -0.1) is 0 Å². The molecule has 5 nitrogen and oxygen atoms in total. The zero-order chi connectivity index (χ0) is 20.8. The van der Waals surface area contributed by atoms with Crippen molar-refractivity contribution in [2.24, 2.45) is 11.1 Å². The summed E-state index contributed by atoms with van der Waals surface area (Å²) >= 11 is 13.2. The Morgan fingerprint density at radius 3 is 2.22 bits per heavy atom. The Labute approximate surface area is 176 Å². The van der Waals surface area contributed by atoms with E-state index in [9.17, 15) is 15.0 Å². The van der Waals surface area contributed by atoms with Crippen molar-refractivity contribution >= 4 is 41.1 Å². The summed E-state index contributed by atoms with van der Waals surface area (Å²) < 4.78 is 0.236. The van der Waals surface area contributed by atoms with Gasteiger partial charge in [-0.25, -0.2) is 0 Å². The molecule has 0 bridgehead atoms. The maximum atomic E-state index is 11.7. The molecule has 1 heterocycles. The summed E-state index contributed by atoms with van der Waals surface area (Å²) in [4.78, 5) is 13.4. The van der Waals surface area contributed by atoms with Gasteiger partial charge in [0, 0.05) is 23.9 Å². The molecular weight excluding hydrogens is 407 g/mol. The highest BCUT2D eigenvalue weighted by Gasteiger charge is 2.25. The van der Waals surface area contributed by atoms with Crippen LogP contribution >= 0.6 is 35.1 Å². The number of benzene rings is 1. The average Bonchev–Trinajstić information content (AvgIpc) is 2.59. The summed E-state index contributed by atoms with van der Waals surface area (Å²) in [6, 6.07) is 3.16. The normalized spacial score (nSPS) is 16.5. The second-order valence-corrected chi connectivity index (χ2v) is 10.0. The van der Waals surface area contributed by atoms with Crippen LogP contribution in [0.25, 0.3) is 0 Å². The van der Waals surface area contributed by atoms with Crippen molar-refractivity contribution in [3.05, 3.63) is 27.7 Å². The van der Waals surface area contributed by atoms with Crippen LogP contribution in [0.4, 0.5) is 0 Å². The molecule has 154 valence electrons. The van der Waals surface area contributed by atoms with Gasteiger partial charge in [0.1, 0.15) is 11.9 Å². The van der Waals surface area contributed by atoms with E-state index in [4.69, 9.17) is 28.3 Å². The summed E-state index contributed by atoms with van der Waals surface area (Å²) in [5, 5.41) is 25.2. The number of phenolic OH excluding ortho intramolecular Hbond substituents is 1. The molecule has 0 aliphatic carbocycles. The third-order valence-corrected chi connectivity index (χ3v) is 5.70. The number of aromatic hydroxyl groups is 1. The summed E-state index contributed by atoms with van der Waals surface area (Å²) in [5.41, 5.74) is 0.782. The fourth-order valence-electron chi connectivity index (χ4n) is 2.67. The number of hydrogen-bond donors (Lipinski definition) is 3. The Bertz CT molecular complexity index is 628. The number of nitrogens with two attached hydrogens (primary N) is 1. The molecule has 27 heavy (non-hydrogen) atoms. The Morgan fingerprint density at radius 2 is 1.78 bits per heavy atom. The summed E-state index contributed by atoms with van der Waals surface area (Å²) in [6.07, 6.45) is 1.45. The van der Waals surface area contributed by atoms with Crippen LogP contribution in [0.1, 0.15) is 46.1 Å². The molecule has 1 aromatic carbocycles. The molecule has 1 aliphatic heterocycles. The Kier molecular flexibility index (Phi) is 9.72. The number of halogens is 2. The van der Waals surface area contributed by atoms with E-state index in [1.165, 1.54) is 24.9 Å². The van der Waals surface area contributed by atoms with E-state index in [2.05, 4.69) is 20.8 Å². The van der Waals surface area contributed by atoms with Gasteiger partial charge in [0.25, 0.3) is 5.91 Å². The summed E-state index contributed by atoms with van der Waals surface area (Å²) in [6.45, 7) is 9.00. The largest absolute Gasteiger partial charge is 0.508 e. The van der Waals surface area contributed by atoms with Gasteiger partial charge in [0.2, 0.25) is 0 Å². The molecule has 0 saturated carbocycles. The molecule has 0 spiro atoms. The number of aliphatic hydroxyl groups is 1. The molecule has 1 fully saturated rings. The lowest BCUT2D eigenvalue weighted by atomic mass is 9.89. The van der Waals surface area contributed by atoms with Crippen LogP contribution in [0, 0.1) is 5.92 Å². The van der Waals surface area contributed by atoms with Gasteiger partial charge < -0.3 is 15.1 Å². The minimum atomic E-state index is -0.944. The zero-order valence-electron chi connectivity index (χ0n) is 16.3. The highest BCUT2D eigenvalue weighted by atomic mass is 35.5. The highest BCUT2D eigenvalue weighted by molar-refractivity contribution is 7.98. The summed E-state index contributed by atoms with van der Waals surface area (Å²) in [7, 11) is 0. The van der Waals surface area contributed by atoms with Gasteiger partial charge in [-0.3, -0.25) is 9.93 Å². The van der Waals surface area contributed by atoms with E-state index in [0.717, 1.165) is 18.4 Å². The van der Waals surface area contributed by atoms with Crippen LogP contribution in [-0.2, 0) is 11.2 Å². The molecule has 8 heteroatoms. The third-order valence-electron chi connectivity index (χ3n) is 4.27. The van der Waals surface area contributed by atoms with Crippen LogP contribution in [0.15, 0.2) is 12.1 Å². The van der Waals surface area contributed by atoms with E-state index in [-0.39, 0.29) is 16.4 Å². The number of piperidine rings is 1. The fraction of sp³-hybridized carbons (Fsp3) is 0.632. The molecule has 1 amide bonds. The molecule has 2 rings (SSSR count). The van der Waals surface area contributed by atoms with Crippen molar-refractivity contribution in [1.29, 1.82) is 0 Å². The molecular formula is C19H30Cl2N2O3S. The Morgan fingerprint density at radius 1 is 1.30 bits per heavy atom. The lowest BCUT2D eigenvalue weighted by Gasteiger charge is -2.33. The van der Waals surface area contributed by atoms with E-state index in [1.807, 2.05) is 0 Å². The molecule has 0 radical (unpaired) electrons. The number of carbonyl (C=O) groups is 1. The second-order valence-electron chi connectivity index (χ2n) is 7.77. The maximum absolute atomic E-state index is 11.7. The lowest BCUT2D eigenvalue weighted by Crippen LogP contribution is -2.43. The van der Waals surface area contributed by atoms with Crippen molar-refractivity contribution in [3.63, 3.8) is 0 Å². The van der Waals surface area contributed by atoms with Gasteiger partial charge in [0.15, 0.2) is 0 Å². The van der Waals surface area contributed by atoms with Crippen molar-refractivity contribution in [1.82, 2.24) is 4.90 Å². The Balaban J connectivity index is 0.000000527. The molecule has 0 aromatic heterocycles. The molecule has 1 aliphatic rings. The fourth-order valence-corrected chi connectivity index (χ4v) is 3.02. The first-order valence-corrected chi connectivity index (χ1v) is 10.6. The number of phenols is 1. The molecule has 1 atom stereocenters. The maximum Gasteiger partial charge on any atom is 0.251 e. The first kappa shape index (κ1) is 24.4. The Hall–Kier alpha value is -0.660. The number of likely N-dealkylation sites (tertiary alicyclic amines) is 1. The first-order valence-electron chi connectivity index (χ1n) is 8.96. The average molecular weight is 437 g/mol. The van der Waals surface area contributed by atoms with Crippen molar-refractivity contribution in [2.75, 3.05) is 13.1 Å². The molecule has 1 saturated heterocycles. The summed E-state index contributed by atoms with van der Waals surface area (Å²) in [5.74, 6) is 0.323. The third kappa shape index (κ3) is 8.48. The van der Waals surface area contributed by atoms with E-state index < -0.39 is 6.10 Å². The van der Waals surface area contributed by atoms with Crippen molar-refractivity contribution < 1.29 is 15.0 Å². The number of amides is 1. The smallest absolute Gasteiger partial charge is 0.251 e. The predicted octanol–water partition coefficient (Wildman–Crippen LogP) is 4.25. The monoisotopic (exact) mass is 436 g/mol. The second kappa shape index (κ2) is 10.8. The minimum absolute atomic E-state index is 0.159. The van der Waals surface area contributed by atoms with Crippen molar-refractivity contribution in [3.8, 4) is 5.75 Å². The van der Waals surface area contributed by atoms with E-state index in [1.54, 1.807) is 11.0 Å². The predicted molar refractivity (Wildman–Crippen MR) is 114 cm³/mol. The van der Waals surface area contributed by atoms with E-state index in [0.29, 0.717) is 35.5 Å². The van der Waals surface area contributed by atoms with Crippen LogP contribution in [0.5, 0.6) is 5.75 Å². The molecule has 4 N–H and O–H groups in total. The number of rotatable bonds is 3. The highest BCUT2D eigenvalue weighted by Crippen LogP contribution is 2.33. The standard InChI is InChI=1S/C15H19Cl2NO3.C4H11NS/c1-9(19)15(21)18-4-2-10(3-5-18)6-11-7-12(16)13(17)8-14(11)20;1-4(2,3)6-5/h7-10,19-20H,2-6H2,1H3;5H2,1-3H3.